The maximum atomic E-state index is 13.1. The van der Waals surface area contributed by atoms with Crippen LogP contribution in [0, 0.1) is 0 Å². The average molecular weight is 455 g/mol. The Morgan fingerprint density at radius 1 is 1.25 bits per heavy atom. The molecule has 168 valence electrons. The van der Waals surface area contributed by atoms with E-state index < -0.39 is 16.3 Å². The van der Waals surface area contributed by atoms with Gasteiger partial charge in [-0.2, -0.15) is 13.5 Å². The molecule has 1 N–H and O–H groups in total. The van der Waals surface area contributed by atoms with Crippen LogP contribution in [0.1, 0.15) is 19.4 Å². The van der Waals surface area contributed by atoms with Crippen LogP contribution in [0.2, 0.25) is 0 Å². The number of hydrogen-bond donors (Lipinski definition) is 1. The SMILES string of the molecule is CCc1ccccc1NC=C1C(=O)N(C2C=CC(N3CCOCC3)=CC2=S(=O)=O)N=C1C. The fourth-order valence-corrected chi connectivity index (χ4v) is 4.54. The van der Waals surface area contributed by atoms with E-state index in [1.54, 1.807) is 25.3 Å². The van der Waals surface area contributed by atoms with Crippen molar-refractivity contribution in [3.05, 3.63) is 65.5 Å². The second-order valence-electron chi connectivity index (χ2n) is 7.66. The number of amides is 1. The van der Waals surface area contributed by atoms with Crippen LogP contribution in [0.4, 0.5) is 5.69 Å². The molecular formula is C23H26N4O4S. The second-order valence-corrected chi connectivity index (χ2v) is 8.60. The van der Waals surface area contributed by atoms with Gasteiger partial charge >= 0.3 is 0 Å². The van der Waals surface area contributed by atoms with Crippen LogP contribution in [0.5, 0.6) is 0 Å². The van der Waals surface area contributed by atoms with Crippen LogP contribution in [0.25, 0.3) is 0 Å². The molecule has 4 rings (SSSR count). The predicted octanol–water partition coefficient (Wildman–Crippen LogP) is 1.97. The summed E-state index contributed by atoms with van der Waals surface area (Å²) in [6, 6.07) is 7.10. The minimum atomic E-state index is -2.50. The quantitative estimate of drug-likeness (QED) is 0.540. The first-order valence-electron chi connectivity index (χ1n) is 10.6. The van der Waals surface area contributed by atoms with Gasteiger partial charge in [-0.05, 0) is 37.1 Å². The normalized spacial score (nSPS) is 22.3. The first-order valence-corrected chi connectivity index (χ1v) is 11.7. The predicted molar refractivity (Wildman–Crippen MR) is 125 cm³/mol. The number of anilines is 1. The number of hydrazone groups is 1. The summed E-state index contributed by atoms with van der Waals surface area (Å²) >= 11 is 0. The molecule has 2 aliphatic heterocycles. The molecule has 0 radical (unpaired) electrons. The molecule has 1 amide bonds. The minimum Gasteiger partial charge on any atom is -0.378 e. The molecular weight excluding hydrogens is 428 g/mol. The standard InChI is InChI=1S/C23H26N4O4S/c1-3-17-6-4-5-7-20(17)24-15-19-16(2)25-27(23(19)28)21-9-8-18(14-22(21)32(29)30)26-10-12-31-13-11-26/h4-9,14-15,21,24H,3,10-13H2,1-2H3. The Bertz CT molecular complexity index is 1170. The first kappa shape index (κ1) is 22.0. The number of hydrogen-bond acceptors (Lipinski definition) is 7. The molecule has 32 heavy (non-hydrogen) atoms. The molecule has 1 fully saturated rings. The Hall–Kier alpha value is -3.17. The molecule has 3 aliphatic rings. The zero-order chi connectivity index (χ0) is 22.7. The number of ether oxygens (including phenoxy) is 1. The van der Waals surface area contributed by atoms with Gasteiger partial charge < -0.3 is 15.0 Å². The summed E-state index contributed by atoms with van der Waals surface area (Å²) in [5, 5.41) is 8.83. The van der Waals surface area contributed by atoms with Crippen molar-refractivity contribution in [2.45, 2.75) is 26.3 Å². The maximum absolute atomic E-state index is 13.1. The van der Waals surface area contributed by atoms with Crippen LogP contribution >= 0.6 is 0 Å². The van der Waals surface area contributed by atoms with Gasteiger partial charge in [-0.15, -0.1) is 0 Å². The molecule has 0 aromatic heterocycles. The average Bonchev–Trinajstić information content (AvgIpc) is 3.11. The van der Waals surface area contributed by atoms with Crippen LogP contribution in [-0.4, -0.2) is 67.2 Å². The van der Waals surface area contributed by atoms with Crippen LogP contribution in [0.3, 0.4) is 0 Å². The molecule has 1 aliphatic carbocycles. The van der Waals surface area contributed by atoms with Gasteiger partial charge in [-0.25, -0.2) is 5.01 Å². The van der Waals surface area contributed by atoms with E-state index in [0.29, 0.717) is 37.6 Å². The monoisotopic (exact) mass is 454 g/mol. The zero-order valence-corrected chi connectivity index (χ0v) is 18.9. The number of carbonyl (C=O) groups excluding carboxylic acids is 1. The number of allylic oxidation sites excluding steroid dienone is 1. The molecule has 0 spiro atoms. The van der Waals surface area contributed by atoms with Gasteiger partial charge in [0.15, 0.2) is 0 Å². The van der Waals surface area contributed by atoms with Crippen molar-refractivity contribution < 1.29 is 17.9 Å². The van der Waals surface area contributed by atoms with Gasteiger partial charge in [0.25, 0.3) is 5.91 Å². The summed E-state index contributed by atoms with van der Waals surface area (Å²) in [5.74, 6) is -0.343. The summed E-state index contributed by atoms with van der Waals surface area (Å²) in [5.41, 5.74) is 3.79. The Kier molecular flexibility index (Phi) is 6.57. The molecule has 2 heterocycles. The van der Waals surface area contributed by atoms with E-state index in [1.807, 2.05) is 30.3 Å². The third-order valence-electron chi connectivity index (χ3n) is 5.72. The van der Waals surface area contributed by atoms with E-state index in [4.69, 9.17) is 4.74 Å². The highest BCUT2D eigenvalue weighted by molar-refractivity contribution is 7.73. The number of carbonyl (C=O) groups is 1. The van der Waals surface area contributed by atoms with Gasteiger partial charge in [0.05, 0.1) is 24.5 Å². The third kappa shape index (κ3) is 4.39. The number of aryl methyl sites for hydroxylation is 1. The van der Waals surface area contributed by atoms with Crippen LogP contribution in [-0.2, 0) is 26.2 Å². The molecule has 1 aromatic rings. The summed E-state index contributed by atoms with van der Waals surface area (Å²) in [6.07, 6.45) is 7.69. The topological polar surface area (TPSA) is 91.3 Å². The van der Waals surface area contributed by atoms with Gasteiger partial charge in [0.2, 0.25) is 10.3 Å². The van der Waals surface area contributed by atoms with Crippen molar-refractivity contribution in [3.8, 4) is 0 Å². The molecule has 1 aromatic carbocycles. The Morgan fingerprint density at radius 3 is 2.72 bits per heavy atom. The fourth-order valence-electron chi connectivity index (χ4n) is 3.94. The first-order chi connectivity index (χ1) is 15.5. The van der Waals surface area contributed by atoms with Gasteiger partial charge in [0, 0.05) is 30.7 Å². The zero-order valence-electron chi connectivity index (χ0n) is 18.1. The molecule has 0 saturated carbocycles. The molecule has 1 atom stereocenters. The number of morpholine rings is 1. The van der Waals surface area contributed by atoms with Crippen molar-refractivity contribution in [1.82, 2.24) is 9.91 Å². The van der Waals surface area contributed by atoms with Crippen LogP contribution in [0.15, 0.2) is 65.1 Å². The lowest BCUT2D eigenvalue weighted by Crippen LogP contribution is -2.42. The largest absolute Gasteiger partial charge is 0.378 e. The highest BCUT2D eigenvalue weighted by Gasteiger charge is 2.36. The number of para-hydroxylation sites is 1. The second kappa shape index (κ2) is 9.54. The van der Waals surface area contributed by atoms with E-state index in [9.17, 15) is 13.2 Å². The van der Waals surface area contributed by atoms with Crippen LogP contribution < -0.4 is 5.32 Å². The van der Waals surface area contributed by atoms with Gasteiger partial charge in [0.1, 0.15) is 10.9 Å². The molecule has 9 heteroatoms. The van der Waals surface area contributed by atoms with Crippen molar-refractivity contribution in [2.75, 3.05) is 31.6 Å². The fraction of sp³-hybridized carbons (Fsp3) is 0.348. The highest BCUT2D eigenvalue weighted by Crippen LogP contribution is 2.24. The van der Waals surface area contributed by atoms with Crippen molar-refractivity contribution in [1.29, 1.82) is 0 Å². The maximum Gasteiger partial charge on any atom is 0.278 e. The van der Waals surface area contributed by atoms with E-state index in [0.717, 1.165) is 23.4 Å². The smallest absolute Gasteiger partial charge is 0.278 e. The number of nitrogens with zero attached hydrogens (tertiary/aromatic N) is 3. The molecule has 0 bridgehead atoms. The number of nitrogens with one attached hydrogen (secondary N) is 1. The molecule has 8 nitrogen and oxygen atoms in total. The van der Waals surface area contributed by atoms with Gasteiger partial charge in [-0.3, -0.25) is 4.79 Å². The Balaban J connectivity index is 1.57. The molecule has 1 saturated heterocycles. The highest BCUT2D eigenvalue weighted by atomic mass is 32.2. The van der Waals surface area contributed by atoms with E-state index in [1.165, 1.54) is 5.01 Å². The van der Waals surface area contributed by atoms with E-state index in [-0.39, 0.29) is 10.8 Å². The summed E-state index contributed by atoms with van der Waals surface area (Å²) < 4.78 is 29.4. The van der Waals surface area contributed by atoms with E-state index >= 15 is 0 Å². The Labute approximate surface area is 189 Å². The van der Waals surface area contributed by atoms with Crippen molar-refractivity contribution in [2.24, 2.45) is 5.10 Å². The lowest BCUT2D eigenvalue weighted by molar-refractivity contribution is -0.126. The summed E-state index contributed by atoms with van der Waals surface area (Å²) in [7, 11) is -2.50. The van der Waals surface area contributed by atoms with Crippen molar-refractivity contribution in [3.63, 3.8) is 0 Å². The van der Waals surface area contributed by atoms with E-state index in [2.05, 4.69) is 22.2 Å². The van der Waals surface area contributed by atoms with Gasteiger partial charge in [-0.1, -0.05) is 31.2 Å². The number of benzene rings is 1. The minimum absolute atomic E-state index is 0.115. The third-order valence-corrected chi connectivity index (χ3v) is 6.46. The van der Waals surface area contributed by atoms with Crippen molar-refractivity contribution >= 4 is 32.5 Å². The Morgan fingerprint density at radius 2 is 2.00 bits per heavy atom. The lowest BCUT2D eigenvalue weighted by atomic mass is 10.0. The molecule has 1 unspecified atom stereocenters. The summed E-state index contributed by atoms with van der Waals surface area (Å²) in [4.78, 5) is 15.3. The summed E-state index contributed by atoms with van der Waals surface area (Å²) in [6.45, 7) is 6.39. The lowest BCUT2D eigenvalue weighted by Gasteiger charge is -2.32. The number of rotatable bonds is 5.